The van der Waals surface area contributed by atoms with E-state index in [9.17, 15) is 26.7 Å². The molecule has 2 atom stereocenters. The van der Waals surface area contributed by atoms with Crippen molar-refractivity contribution in [2.24, 2.45) is 10.9 Å². The van der Waals surface area contributed by atoms with Gasteiger partial charge in [0.1, 0.15) is 11.6 Å². The number of anilines is 1. The van der Waals surface area contributed by atoms with Crippen LogP contribution in [0.1, 0.15) is 11.6 Å². The normalized spacial score (nSPS) is 18.9. The van der Waals surface area contributed by atoms with Gasteiger partial charge in [0.05, 0.1) is 24.5 Å². The molecule has 1 aliphatic rings. The first-order chi connectivity index (χ1) is 15.1. The van der Waals surface area contributed by atoms with Crippen molar-refractivity contribution >= 4 is 33.8 Å². The van der Waals surface area contributed by atoms with Gasteiger partial charge in [0, 0.05) is 0 Å². The molecule has 0 radical (unpaired) electrons. The standard InChI is InChI=1S/C23H17F5N2O2/c1-32-21(31)18-19(15-10-6-8-13-7-2-3-9-14(13)15)29-16-11-4-5-12-17(16)30-20(18)22(24,25)23(26,27)28/h2-12,18-19,29H,1H3/t18-,19+/m1/s1. The first kappa shape index (κ1) is 21.7. The van der Waals surface area contributed by atoms with Crippen LogP contribution in [0.3, 0.4) is 0 Å². The monoisotopic (exact) mass is 448 g/mol. The topological polar surface area (TPSA) is 50.7 Å². The van der Waals surface area contributed by atoms with Crippen molar-refractivity contribution in [3.63, 3.8) is 0 Å². The fraction of sp³-hybridized carbons (Fsp3) is 0.217. The Morgan fingerprint density at radius 1 is 0.938 bits per heavy atom. The van der Waals surface area contributed by atoms with Gasteiger partial charge >= 0.3 is 18.1 Å². The predicted molar refractivity (Wildman–Crippen MR) is 110 cm³/mol. The molecular weight excluding hydrogens is 431 g/mol. The third kappa shape index (κ3) is 3.57. The highest BCUT2D eigenvalue weighted by Gasteiger charge is 2.65. The molecule has 4 rings (SSSR count). The Kier molecular flexibility index (Phi) is 5.36. The minimum absolute atomic E-state index is 0.136. The number of hydrogen-bond donors (Lipinski definition) is 1. The Morgan fingerprint density at radius 2 is 1.59 bits per heavy atom. The second-order valence-electron chi connectivity index (χ2n) is 7.28. The molecule has 166 valence electrons. The van der Waals surface area contributed by atoms with Crippen LogP contribution in [0.15, 0.2) is 71.7 Å². The molecule has 0 spiro atoms. The quantitative estimate of drug-likeness (QED) is 0.391. The fourth-order valence-corrected chi connectivity index (χ4v) is 3.87. The number of halogens is 5. The lowest BCUT2D eigenvalue weighted by Crippen LogP contribution is -2.51. The van der Waals surface area contributed by atoms with E-state index in [2.05, 4.69) is 15.0 Å². The zero-order chi connectivity index (χ0) is 23.1. The number of rotatable bonds is 3. The molecule has 0 fully saturated rings. The van der Waals surface area contributed by atoms with E-state index in [1.165, 1.54) is 18.2 Å². The van der Waals surface area contributed by atoms with Gasteiger partial charge in [0.15, 0.2) is 0 Å². The molecule has 1 heterocycles. The summed E-state index contributed by atoms with van der Waals surface area (Å²) in [4.78, 5) is 16.4. The number of para-hydroxylation sites is 2. The Balaban J connectivity index is 2.03. The highest BCUT2D eigenvalue weighted by Crippen LogP contribution is 2.46. The van der Waals surface area contributed by atoms with E-state index < -0.39 is 35.7 Å². The minimum atomic E-state index is -5.96. The van der Waals surface area contributed by atoms with Crippen molar-refractivity contribution in [2.75, 3.05) is 12.4 Å². The molecule has 1 aliphatic heterocycles. The van der Waals surface area contributed by atoms with Crippen molar-refractivity contribution in [2.45, 2.75) is 18.1 Å². The molecule has 32 heavy (non-hydrogen) atoms. The van der Waals surface area contributed by atoms with Crippen LogP contribution in [-0.4, -0.2) is 30.9 Å². The average molecular weight is 448 g/mol. The average Bonchev–Trinajstić information content (AvgIpc) is 2.95. The minimum Gasteiger partial charge on any atom is -0.468 e. The molecule has 1 N–H and O–H groups in total. The Hall–Kier alpha value is -3.49. The van der Waals surface area contributed by atoms with Gasteiger partial charge in [0.25, 0.3) is 0 Å². The maximum atomic E-state index is 14.7. The van der Waals surface area contributed by atoms with Gasteiger partial charge in [0.2, 0.25) is 0 Å². The number of nitrogens with one attached hydrogen (secondary N) is 1. The van der Waals surface area contributed by atoms with E-state index in [0.29, 0.717) is 10.9 Å². The number of hydrogen-bond acceptors (Lipinski definition) is 4. The van der Waals surface area contributed by atoms with Crippen LogP contribution in [0.5, 0.6) is 0 Å². The Labute approximate surface area is 179 Å². The van der Waals surface area contributed by atoms with E-state index in [-0.39, 0.29) is 11.4 Å². The zero-order valence-electron chi connectivity index (χ0n) is 16.7. The third-order valence-electron chi connectivity index (χ3n) is 5.38. The molecule has 0 aliphatic carbocycles. The highest BCUT2D eigenvalue weighted by molar-refractivity contribution is 6.10. The number of aliphatic imine (C=N–C) groups is 1. The lowest BCUT2D eigenvalue weighted by atomic mass is 9.84. The number of nitrogens with zero attached hydrogens (tertiary/aromatic N) is 1. The molecular formula is C23H17F5N2O2. The summed E-state index contributed by atoms with van der Waals surface area (Å²) >= 11 is 0. The molecule has 0 aromatic heterocycles. The van der Waals surface area contributed by atoms with Gasteiger partial charge in [-0.05, 0) is 28.5 Å². The van der Waals surface area contributed by atoms with E-state index >= 15 is 0 Å². The Morgan fingerprint density at radius 3 is 2.31 bits per heavy atom. The van der Waals surface area contributed by atoms with Crippen LogP contribution in [0.2, 0.25) is 0 Å². The van der Waals surface area contributed by atoms with Gasteiger partial charge in [-0.25, -0.2) is 4.99 Å². The molecule has 4 nitrogen and oxygen atoms in total. The van der Waals surface area contributed by atoms with Crippen LogP contribution in [-0.2, 0) is 9.53 Å². The summed E-state index contributed by atoms with van der Waals surface area (Å²) in [5.74, 6) is -8.67. The van der Waals surface area contributed by atoms with Crippen LogP contribution in [0.25, 0.3) is 10.8 Å². The van der Waals surface area contributed by atoms with E-state index in [1.54, 1.807) is 48.5 Å². The van der Waals surface area contributed by atoms with Crippen LogP contribution < -0.4 is 5.32 Å². The first-order valence-electron chi connectivity index (χ1n) is 9.60. The summed E-state index contributed by atoms with van der Waals surface area (Å²) in [6, 6.07) is 16.5. The molecule has 0 saturated heterocycles. The van der Waals surface area contributed by atoms with Gasteiger partial charge in [-0.1, -0.05) is 54.6 Å². The molecule has 0 saturated carbocycles. The maximum absolute atomic E-state index is 14.7. The number of fused-ring (bicyclic) bond motifs is 2. The van der Waals surface area contributed by atoms with E-state index in [0.717, 1.165) is 12.5 Å². The van der Waals surface area contributed by atoms with Crippen molar-refractivity contribution in [1.29, 1.82) is 0 Å². The molecule has 0 unspecified atom stereocenters. The SMILES string of the molecule is COC(=O)[C@H]1C(C(F)(F)C(F)(F)F)=Nc2ccccc2N[C@H]1c1cccc2ccccc12. The molecule has 3 aromatic rings. The van der Waals surface area contributed by atoms with Gasteiger partial charge in [-0.15, -0.1) is 0 Å². The number of benzene rings is 3. The van der Waals surface area contributed by atoms with Crippen molar-refractivity contribution < 1.29 is 31.5 Å². The Bertz CT molecular complexity index is 1200. The van der Waals surface area contributed by atoms with Crippen molar-refractivity contribution in [3.8, 4) is 0 Å². The number of methoxy groups -OCH3 is 1. The molecule has 3 aromatic carbocycles. The number of carbonyl (C=O) groups excluding carboxylic acids is 1. The zero-order valence-corrected chi connectivity index (χ0v) is 16.7. The maximum Gasteiger partial charge on any atom is 0.459 e. The van der Waals surface area contributed by atoms with Gasteiger partial charge in [-0.2, -0.15) is 22.0 Å². The fourth-order valence-electron chi connectivity index (χ4n) is 3.87. The number of esters is 1. The molecule has 0 bridgehead atoms. The van der Waals surface area contributed by atoms with Gasteiger partial charge in [-0.3, -0.25) is 4.79 Å². The number of alkyl halides is 5. The summed E-state index contributed by atoms with van der Waals surface area (Å²) in [7, 11) is 0.934. The van der Waals surface area contributed by atoms with Crippen LogP contribution >= 0.6 is 0 Å². The van der Waals surface area contributed by atoms with Gasteiger partial charge < -0.3 is 10.1 Å². The second-order valence-corrected chi connectivity index (χ2v) is 7.28. The summed E-state index contributed by atoms with van der Waals surface area (Å²) in [6.45, 7) is 0. The summed E-state index contributed by atoms with van der Waals surface area (Å²) in [5.41, 5.74) is -1.18. The first-order valence-corrected chi connectivity index (χ1v) is 9.60. The predicted octanol–water partition coefficient (Wildman–Crippen LogP) is 6.07. The van der Waals surface area contributed by atoms with Crippen LogP contribution in [0, 0.1) is 5.92 Å². The van der Waals surface area contributed by atoms with Crippen LogP contribution in [0.4, 0.5) is 33.3 Å². The third-order valence-corrected chi connectivity index (χ3v) is 5.38. The van der Waals surface area contributed by atoms with Crippen molar-refractivity contribution in [1.82, 2.24) is 0 Å². The summed E-state index contributed by atoms with van der Waals surface area (Å²) in [5, 5.41) is 4.29. The molecule has 9 heteroatoms. The lowest BCUT2D eigenvalue weighted by molar-refractivity contribution is -0.250. The number of carbonyl (C=O) groups is 1. The summed E-state index contributed by atoms with van der Waals surface area (Å²) in [6.07, 6.45) is -5.96. The van der Waals surface area contributed by atoms with Crippen molar-refractivity contribution in [3.05, 3.63) is 72.3 Å². The lowest BCUT2D eigenvalue weighted by Gasteiger charge is -2.31. The van der Waals surface area contributed by atoms with E-state index in [4.69, 9.17) is 0 Å². The smallest absolute Gasteiger partial charge is 0.459 e. The van der Waals surface area contributed by atoms with E-state index in [1.807, 2.05) is 0 Å². The number of ether oxygens (including phenoxy) is 1. The molecule has 0 amide bonds. The summed E-state index contributed by atoms with van der Waals surface area (Å²) < 4.78 is 74.5. The second kappa shape index (κ2) is 7.89. The largest absolute Gasteiger partial charge is 0.468 e. The highest BCUT2D eigenvalue weighted by atomic mass is 19.4.